The van der Waals surface area contributed by atoms with Gasteiger partial charge in [0, 0.05) is 29.4 Å². The number of imidazole rings is 2. The van der Waals surface area contributed by atoms with Gasteiger partial charge in [0.1, 0.15) is 0 Å². The number of nitrogens with one attached hydrogen (secondary N) is 2. The molecule has 4 N–H and O–H groups in total. The van der Waals surface area contributed by atoms with Crippen LogP contribution < -0.4 is 0 Å². The first-order chi connectivity index (χ1) is 6.73. The number of aromatic amines is 2. The number of aromatic nitrogens is 4. The highest BCUT2D eigenvalue weighted by Crippen LogP contribution is 1.98. The van der Waals surface area contributed by atoms with Crippen molar-refractivity contribution in [3.63, 3.8) is 0 Å². The molecule has 14 heavy (non-hydrogen) atoms. The van der Waals surface area contributed by atoms with Gasteiger partial charge in [-0.1, -0.05) is 0 Å². The van der Waals surface area contributed by atoms with E-state index in [1.807, 2.05) is 0 Å². The highest BCUT2D eigenvalue weighted by Gasteiger charge is 1.93. The van der Waals surface area contributed by atoms with Gasteiger partial charge in [-0.2, -0.15) is 0 Å². The Labute approximate surface area is 80.8 Å². The molecular formula is C6H10N4O3P+. The Balaban J connectivity index is 0.000000183. The van der Waals surface area contributed by atoms with E-state index in [4.69, 9.17) is 14.4 Å². The Kier molecular flexibility index (Phi) is 8.47. The van der Waals surface area contributed by atoms with Crippen LogP contribution in [0.1, 0.15) is 0 Å². The second-order valence-corrected chi connectivity index (χ2v) is 2.28. The third-order valence-corrected chi connectivity index (χ3v) is 0.812. The minimum atomic E-state index is -2.87. The van der Waals surface area contributed by atoms with Gasteiger partial charge in [-0.3, -0.25) is 0 Å². The smallest absolute Gasteiger partial charge is 0.351 e. The molecule has 0 aliphatic heterocycles. The van der Waals surface area contributed by atoms with Gasteiger partial charge >= 0.3 is 8.25 Å². The Hall–Kier alpha value is -1.56. The maximum absolute atomic E-state index is 8.70. The van der Waals surface area contributed by atoms with Crippen molar-refractivity contribution in [1.82, 2.24) is 19.9 Å². The topological polar surface area (TPSA) is 115 Å². The normalized spacial score (nSPS) is 7.57. The van der Waals surface area contributed by atoms with Crippen molar-refractivity contribution in [2.24, 2.45) is 0 Å². The molecule has 0 aliphatic carbocycles. The predicted octanol–water partition coefficient (Wildman–Crippen LogP) is 0.448. The van der Waals surface area contributed by atoms with Crippen molar-refractivity contribution in [2.75, 3.05) is 0 Å². The molecule has 0 fully saturated rings. The highest BCUT2D eigenvalue weighted by molar-refractivity contribution is 7.30. The number of nitrogens with zero attached hydrogens (tertiary/aromatic N) is 2. The Morgan fingerprint density at radius 3 is 1.43 bits per heavy atom. The first kappa shape index (κ1) is 12.4. The van der Waals surface area contributed by atoms with Gasteiger partial charge in [0.15, 0.2) is 0 Å². The molecule has 0 saturated carbocycles. The summed E-state index contributed by atoms with van der Waals surface area (Å²) in [5.74, 6) is 0. The van der Waals surface area contributed by atoms with Gasteiger partial charge in [-0.05, 0) is 0 Å². The zero-order chi connectivity index (χ0) is 10.6. The summed E-state index contributed by atoms with van der Waals surface area (Å²) < 4.78 is 8.70. The van der Waals surface area contributed by atoms with E-state index in [9.17, 15) is 0 Å². The van der Waals surface area contributed by atoms with Gasteiger partial charge in [-0.25, -0.2) is 9.97 Å². The zero-order valence-electron chi connectivity index (χ0n) is 7.11. The quantitative estimate of drug-likeness (QED) is 0.478. The molecule has 0 saturated heterocycles. The van der Waals surface area contributed by atoms with Gasteiger partial charge in [-0.15, -0.1) is 9.79 Å². The summed E-state index contributed by atoms with van der Waals surface area (Å²) in [6.07, 6.45) is 10.2. The van der Waals surface area contributed by atoms with Crippen LogP contribution in [0, 0.1) is 0 Å². The van der Waals surface area contributed by atoms with E-state index in [1.54, 1.807) is 37.4 Å². The summed E-state index contributed by atoms with van der Waals surface area (Å²) in [7, 11) is -2.87. The molecule has 0 spiro atoms. The Morgan fingerprint density at radius 1 is 1.00 bits per heavy atom. The second kappa shape index (κ2) is 9.53. The standard InChI is InChI=1S/2C3H4N2.HO3P/c2*1-2-5-3-4-1;1-4(2)3/h2*1-3H,(H,4,5);(H-,1,2,3)/p+1. The summed E-state index contributed by atoms with van der Waals surface area (Å²) in [5, 5.41) is 0. The van der Waals surface area contributed by atoms with Crippen LogP contribution in [0.3, 0.4) is 0 Å². The molecule has 8 heteroatoms. The van der Waals surface area contributed by atoms with Crippen molar-refractivity contribution in [2.45, 2.75) is 0 Å². The van der Waals surface area contributed by atoms with Crippen LogP contribution in [0.5, 0.6) is 0 Å². The molecule has 2 heterocycles. The van der Waals surface area contributed by atoms with Crippen molar-refractivity contribution >= 4 is 8.25 Å². The molecule has 2 aromatic rings. The average molecular weight is 217 g/mol. The van der Waals surface area contributed by atoms with Gasteiger partial charge in [0.05, 0.1) is 12.7 Å². The monoisotopic (exact) mass is 217 g/mol. The lowest BCUT2D eigenvalue weighted by Gasteiger charge is -1.46. The van der Waals surface area contributed by atoms with Gasteiger partial charge in [0.25, 0.3) is 0 Å². The molecular weight excluding hydrogens is 207 g/mol. The van der Waals surface area contributed by atoms with E-state index in [1.165, 1.54) is 0 Å². The predicted molar refractivity (Wildman–Crippen MR) is 49.2 cm³/mol. The number of hydrogen-bond donors (Lipinski definition) is 4. The number of hydrogen-bond acceptors (Lipinski definition) is 3. The van der Waals surface area contributed by atoms with Crippen LogP contribution in [0.2, 0.25) is 0 Å². The molecule has 0 unspecified atom stereocenters. The minimum Gasteiger partial charge on any atom is -0.351 e. The van der Waals surface area contributed by atoms with E-state index in [0.717, 1.165) is 0 Å². The fourth-order valence-corrected chi connectivity index (χ4v) is 0.430. The molecule has 2 aromatic heterocycles. The van der Waals surface area contributed by atoms with E-state index >= 15 is 0 Å². The summed E-state index contributed by atoms with van der Waals surface area (Å²) >= 11 is 0. The second-order valence-electron chi connectivity index (χ2n) is 1.77. The third kappa shape index (κ3) is 13.1. The molecule has 0 atom stereocenters. The van der Waals surface area contributed by atoms with E-state index in [-0.39, 0.29) is 0 Å². The van der Waals surface area contributed by atoms with E-state index in [0.29, 0.717) is 0 Å². The van der Waals surface area contributed by atoms with Crippen LogP contribution in [0.25, 0.3) is 0 Å². The summed E-state index contributed by atoms with van der Waals surface area (Å²) in [6, 6.07) is 0. The maximum atomic E-state index is 8.70. The van der Waals surface area contributed by atoms with Crippen molar-refractivity contribution in [3.8, 4) is 0 Å². The molecule has 0 bridgehead atoms. The number of rotatable bonds is 0. The summed E-state index contributed by atoms with van der Waals surface area (Å²) in [6.45, 7) is 0. The molecule has 0 aromatic carbocycles. The van der Waals surface area contributed by atoms with Crippen molar-refractivity contribution in [3.05, 3.63) is 37.4 Å². The summed E-state index contributed by atoms with van der Waals surface area (Å²) in [5.41, 5.74) is 0. The fraction of sp³-hybridized carbons (Fsp3) is 0. The molecule has 76 valence electrons. The van der Waals surface area contributed by atoms with Crippen LogP contribution in [-0.2, 0) is 4.57 Å². The Morgan fingerprint density at radius 2 is 1.36 bits per heavy atom. The molecule has 0 amide bonds. The van der Waals surface area contributed by atoms with E-state index < -0.39 is 8.25 Å². The lowest BCUT2D eigenvalue weighted by molar-refractivity contribution is 0.405. The van der Waals surface area contributed by atoms with Crippen LogP contribution >= 0.6 is 8.25 Å². The van der Waals surface area contributed by atoms with Crippen LogP contribution in [0.15, 0.2) is 37.4 Å². The average Bonchev–Trinajstić information content (AvgIpc) is 2.83. The van der Waals surface area contributed by atoms with E-state index in [2.05, 4.69) is 19.9 Å². The molecule has 7 nitrogen and oxygen atoms in total. The van der Waals surface area contributed by atoms with Crippen molar-refractivity contribution < 1.29 is 14.4 Å². The SMILES string of the molecule is O=[P+](O)O.c1c[nH]cn1.c1c[nH]cn1. The van der Waals surface area contributed by atoms with Gasteiger partial charge in [0.2, 0.25) is 0 Å². The van der Waals surface area contributed by atoms with Crippen LogP contribution in [0.4, 0.5) is 0 Å². The first-order valence-corrected chi connectivity index (χ1v) is 4.60. The molecule has 0 aliphatic rings. The molecule has 2 rings (SSSR count). The zero-order valence-corrected chi connectivity index (χ0v) is 8.00. The Bertz CT molecular complexity index is 232. The minimum absolute atomic E-state index is 1.62. The van der Waals surface area contributed by atoms with Crippen molar-refractivity contribution in [1.29, 1.82) is 0 Å². The summed E-state index contributed by atoms with van der Waals surface area (Å²) in [4.78, 5) is 27.1. The lowest BCUT2D eigenvalue weighted by Crippen LogP contribution is -1.44. The lowest BCUT2D eigenvalue weighted by atomic mass is 11.0. The maximum Gasteiger partial charge on any atom is 0.692 e. The third-order valence-electron chi connectivity index (χ3n) is 0.812. The molecule has 0 radical (unpaired) electrons. The van der Waals surface area contributed by atoms with Gasteiger partial charge < -0.3 is 9.97 Å². The largest absolute Gasteiger partial charge is 0.692 e. The first-order valence-electron chi connectivity index (χ1n) is 3.44. The number of H-pyrrole nitrogens is 2. The van der Waals surface area contributed by atoms with Crippen LogP contribution in [-0.4, -0.2) is 29.7 Å². The fourth-order valence-electron chi connectivity index (χ4n) is 0.430. The highest BCUT2D eigenvalue weighted by atomic mass is 31.1.